The third kappa shape index (κ3) is 3.84. The predicted molar refractivity (Wildman–Crippen MR) is 68.4 cm³/mol. The summed E-state index contributed by atoms with van der Waals surface area (Å²) in [4.78, 5) is 4.12. The Labute approximate surface area is 114 Å². The second-order valence-corrected chi connectivity index (χ2v) is 4.45. The molecule has 0 amide bonds. The van der Waals surface area contributed by atoms with Crippen LogP contribution in [0, 0.1) is 0 Å². The van der Waals surface area contributed by atoms with Gasteiger partial charge in [-0.25, -0.2) is 4.98 Å². The van der Waals surface area contributed by atoms with E-state index < -0.39 is 11.7 Å². The lowest BCUT2D eigenvalue weighted by Gasteiger charge is -2.06. The van der Waals surface area contributed by atoms with Gasteiger partial charge in [-0.05, 0) is 24.7 Å². The highest BCUT2D eigenvalue weighted by atomic mass is 19.4. The molecule has 0 aliphatic rings. The molecule has 0 fully saturated rings. The zero-order valence-corrected chi connectivity index (χ0v) is 11.0. The van der Waals surface area contributed by atoms with Gasteiger partial charge in [0.05, 0.1) is 11.8 Å². The van der Waals surface area contributed by atoms with E-state index in [1.54, 1.807) is 6.20 Å². The van der Waals surface area contributed by atoms with Crippen molar-refractivity contribution < 1.29 is 17.6 Å². The summed E-state index contributed by atoms with van der Waals surface area (Å²) in [6, 6.07) is 5.03. The van der Waals surface area contributed by atoms with E-state index in [0.717, 1.165) is 36.4 Å². The molecule has 1 heterocycles. The topological polar surface area (TPSA) is 38.1 Å². The minimum absolute atomic E-state index is 0.387. The minimum Gasteiger partial charge on any atom is -0.445 e. The molecule has 0 aliphatic carbocycles. The first kappa shape index (κ1) is 14.6. The standard InChI is InChI=1S/C14H15F3N2O/c1-18-7-6-12-9-19-13(20-12)8-10-2-4-11(5-3-10)14(15,16)17/h2-5,9,18H,6-8H2,1H3. The number of aromatic nitrogens is 1. The number of halogens is 3. The molecule has 0 aliphatic heterocycles. The number of likely N-dealkylation sites (N-methyl/N-ethyl adjacent to an activating group) is 1. The fourth-order valence-electron chi connectivity index (χ4n) is 1.78. The molecule has 0 atom stereocenters. The molecule has 6 heteroatoms. The van der Waals surface area contributed by atoms with Crippen LogP contribution in [0.2, 0.25) is 0 Å². The van der Waals surface area contributed by atoms with Crippen LogP contribution in [0.3, 0.4) is 0 Å². The summed E-state index contributed by atoms with van der Waals surface area (Å²) in [6.45, 7) is 0.787. The highest BCUT2D eigenvalue weighted by molar-refractivity contribution is 5.26. The first-order valence-electron chi connectivity index (χ1n) is 6.23. The Balaban J connectivity index is 2.01. The van der Waals surface area contributed by atoms with E-state index in [4.69, 9.17) is 4.42 Å². The summed E-state index contributed by atoms with van der Waals surface area (Å²) < 4.78 is 42.8. The molecule has 108 valence electrons. The summed E-state index contributed by atoms with van der Waals surface area (Å²) in [6.07, 6.45) is -1.53. The largest absolute Gasteiger partial charge is 0.445 e. The van der Waals surface area contributed by atoms with Crippen molar-refractivity contribution in [3.63, 3.8) is 0 Å². The van der Waals surface area contributed by atoms with Crippen molar-refractivity contribution in [3.05, 3.63) is 53.2 Å². The SMILES string of the molecule is CNCCc1cnc(Cc2ccc(C(F)(F)F)cc2)o1. The van der Waals surface area contributed by atoms with Crippen LogP contribution >= 0.6 is 0 Å². The highest BCUT2D eigenvalue weighted by Crippen LogP contribution is 2.29. The van der Waals surface area contributed by atoms with Gasteiger partial charge < -0.3 is 9.73 Å². The van der Waals surface area contributed by atoms with E-state index >= 15 is 0 Å². The molecule has 0 saturated heterocycles. The number of rotatable bonds is 5. The summed E-state index contributed by atoms with van der Waals surface area (Å²) in [5.41, 5.74) is 0.0865. The molecule has 1 aromatic heterocycles. The van der Waals surface area contributed by atoms with E-state index in [0.29, 0.717) is 12.3 Å². The number of alkyl halides is 3. The van der Waals surface area contributed by atoms with Crippen LogP contribution in [0.15, 0.2) is 34.9 Å². The minimum atomic E-state index is -4.30. The Morgan fingerprint density at radius 3 is 2.50 bits per heavy atom. The zero-order valence-electron chi connectivity index (χ0n) is 11.0. The molecular formula is C14H15F3N2O. The number of oxazole rings is 1. The van der Waals surface area contributed by atoms with Gasteiger partial charge in [0, 0.05) is 19.4 Å². The molecule has 1 aromatic carbocycles. The van der Waals surface area contributed by atoms with Crippen molar-refractivity contribution >= 4 is 0 Å². The maximum atomic E-state index is 12.4. The maximum absolute atomic E-state index is 12.4. The number of hydrogen-bond donors (Lipinski definition) is 1. The number of benzene rings is 1. The molecular weight excluding hydrogens is 269 g/mol. The molecule has 2 aromatic rings. The van der Waals surface area contributed by atoms with Crippen molar-refractivity contribution in [3.8, 4) is 0 Å². The van der Waals surface area contributed by atoms with Crippen LogP contribution in [-0.4, -0.2) is 18.6 Å². The highest BCUT2D eigenvalue weighted by Gasteiger charge is 2.29. The van der Waals surface area contributed by atoms with Gasteiger partial charge in [-0.1, -0.05) is 12.1 Å². The molecule has 0 bridgehead atoms. The van der Waals surface area contributed by atoms with Gasteiger partial charge in [-0.15, -0.1) is 0 Å². The Hall–Kier alpha value is -1.82. The lowest BCUT2D eigenvalue weighted by Crippen LogP contribution is -2.09. The van der Waals surface area contributed by atoms with E-state index in [9.17, 15) is 13.2 Å². The lowest BCUT2D eigenvalue weighted by atomic mass is 10.1. The fraction of sp³-hybridized carbons (Fsp3) is 0.357. The third-order valence-electron chi connectivity index (χ3n) is 2.86. The molecule has 1 N–H and O–H groups in total. The van der Waals surface area contributed by atoms with Gasteiger partial charge in [-0.3, -0.25) is 0 Å². The summed E-state index contributed by atoms with van der Waals surface area (Å²) >= 11 is 0. The van der Waals surface area contributed by atoms with Gasteiger partial charge in [0.2, 0.25) is 0 Å². The average Bonchev–Trinajstić information content (AvgIpc) is 2.83. The number of nitrogens with zero attached hydrogens (tertiary/aromatic N) is 1. The van der Waals surface area contributed by atoms with Crippen LogP contribution in [0.5, 0.6) is 0 Å². The average molecular weight is 284 g/mol. The third-order valence-corrected chi connectivity index (χ3v) is 2.86. The van der Waals surface area contributed by atoms with E-state index in [1.807, 2.05) is 7.05 Å². The van der Waals surface area contributed by atoms with Crippen molar-refractivity contribution in [2.24, 2.45) is 0 Å². The van der Waals surface area contributed by atoms with Gasteiger partial charge in [0.1, 0.15) is 5.76 Å². The normalized spacial score (nSPS) is 11.8. The molecule has 0 unspecified atom stereocenters. The summed E-state index contributed by atoms with van der Waals surface area (Å²) in [5.74, 6) is 1.28. The Kier molecular flexibility index (Phi) is 4.44. The van der Waals surface area contributed by atoms with Crippen molar-refractivity contribution in [1.29, 1.82) is 0 Å². The van der Waals surface area contributed by atoms with Gasteiger partial charge in [-0.2, -0.15) is 13.2 Å². The van der Waals surface area contributed by atoms with Gasteiger partial charge in [0.15, 0.2) is 5.89 Å². The van der Waals surface area contributed by atoms with Crippen LogP contribution in [0.25, 0.3) is 0 Å². The Morgan fingerprint density at radius 1 is 1.20 bits per heavy atom. The monoisotopic (exact) mass is 284 g/mol. The van der Waals surface area contributed by atoms with Crippen LogP contribution < -0.4 is 5.32 Å². The molecule has 20 heavy (non-hydrogen) atoms. The molecule has 0 saturated carbocycles. The van der Waals surface area contributed by atoms with E-state index in [-0.39, 0.29) is 0 Å². The molecule has 0 spiro atoms. The quantitative estimate of drug-likeness (QED) is 0.917. The maximum Gasteiger partial charge on any atom is 0.416 e. The van der Waals surface area contributed by atoms with E-state index in [1.165, 1.54) is 12.1 Å². The van der Waals surface area contributed by atoms with Gasteiger partial charge >= 0.3 is 6.18 Å². The smallest absolute Gasteiger partial charge is 0.416 e. The molecule has 2 rings (SSSR count). The lowest BCUT2D eigenvalue weighted by molar-refractivity contribution is -0.137. The second-order valence-electron chi connectivity index (χ2n) is 4.45. The van der Waals surface area contributed by atoms with Crippen molar-refractivity contribution in [1.82, 2.24) is 10.3 Å². The Bertz CT molecular complexity index is 546. The van der Waals surface area contributed by atoms with Crippen LogP contribution in [0.4, 0.5) is 13.2 Å². The van der Waals surface area contributed by atoms with E-state index in [2.05, 4.69) is 10.3 Å². The van der Waals surface area contributed by atoms with Crippen LogP contribution in [-0.2, 0) is 19.0 Å². The Morgan fingerprint density at radius 2 is 1.90 bits per heavy atom. The molecule has 0 radical (unpaired) electrons. The zero-order chi connectivity index (χ0) is 14.6. The second kappa shape index (κ2) is 6.09. The van der Waals surface area contributed by atoms with Crippen molar-refractivity contribution in [2.45, 2.75) is 19.0 Å². The van der Waals surface area contributed by atoms with Crippen molar-refractivity contribution in [2.75, 3.05) is 13.6 Å². The summed E-state index contributed by atoms with van der Waals surface area (Å²) in [7, 11) is 1.85. The number of nitrogens with one attached hydrogen (secondary N) is 1. The van der Waals surface area contributed by atoms with Crippen LogP contribution in [0.1, 0.15) is 22.8 Å². The number of hydrogen-bond acceptors (Lipinski definition) is 3. The summed E-state index contributed by atoms with van der Waals surface area (Å²) in [5, 5.41) is 3.00. The first-order valence-corrected chi connectivity index (χ1v) is 6.23. The predicted octanol–water partition coefficient (Wildman–Crippen LogP) is 3.05. The van der Waals surface area contributed by atoms with Gasteiger partial charge in [0.25, 0.3) is 0 Å². The fourth-order valence-corrected chi connectivity index (χ4v) is 1.78. The molecule has 3 nitrogen and oxygen atoms in total. The first-order chi connectivity index (χ1) is 9.49.